The molecule has 3 aromatic rings. The highest BCUT2D eigenvalue weighted by Crippen LogP contribution is 2.25. The van der Waals surface area contributed by atoms with E-state index in [2.05, 4.69) is 31.3 Å². The largest absolute Gasteiger partial charge is 0.469 e. The maximum absolute atomic E-state index is 11.3. The van der Waals surface area contributed by atoms with Gasteiger partial charge in [-0.2, -0.15) is 4.98 Å². The van der Waals surface area contributed by atoms with Crippen LogP contribution in [-0.4, -0.2) is 45.1 Å². The molecule has 4 rings (SSSR count). The highest BCUT2D eigenvalue weighted by Gasteiger charge is 2.21. The molecule has 1 aliphatic carbocycles. The van der Waals surface area contributed by atoms with E-state index >= 15 is 0 Å². The molecule has 4 N–H and O–H groups in total. The number of hydrogen-bond acceptors (Lipinski definition) is 8. The smallest absolute Gasteiger partial charge is 0.309 e. The quantitative estimate of drug-likeness (QED) is 0.369. The first-order chi connectivity index (χ1) is 16.7. The molecule has 0 bridgehead atoms. The van der Waals surface area contributed by atoms with Gasteiger partial charge in [0.15, 0.2) is 11.2 Å². The van der Waals surface area contributed by atoms with Gasteiger partial charge in [-0.05, 0) is 24.3 Å². The van der Waals surface area contributed by atoms with Crippen LogP contribution in [0.4, 0.5) is 5.95 Å². The number of nitrogens with zero attached hydrogens (tertiary/aromatic N) is 2. The molecule has 0 radical (unpaired) electrons. The second kappa shape index (κ2) is 13.7. The van der Waals surface area contributed by atoms with Crippen LogP contribution < -0.4 is 11.3 Å². The van der Waals surface area contributed by atoms with Crippen molar-refractivity contribution in [2.24, 2.45) is 5.92 Å². The van der Waals surface area contributed by atoms with E-state index in [0.717, 1.165) is 24.8 Å². The molecule has 1 unspecified atom stereocenters. The number of aromatic nitrogens is 4. The number of benzene rings is 1. The third-order valence-electron chi connectivity index (χ3n) is 4.94. The number of carbonyl (C=O) groups is 2. The van der Waals surface area contributed by atoms with Crippen LogP contribution in [0.1, 0.15) is 45.1 Å². The summed E-state index contributed by atoms with van der Waals surface area (Å²) in [4.78, 5) is 45.6. The minimum absolute atomic E-state index is 0.0605. The molecule has 0 spiro atoms. The molecule has 0 aliphatic heterocycles. The maximum Gasteiger partial charge on any atom is 0.309 e. The van der Waals surface area contributed by atoms with Gasteiger partial charge in [-0.1, -0.05) is 56.3 Å². The number of aromatic amines is 2. The van der Waals surface area contributed by atoms with Crippen molar-refractivity contribution in [3.8, 4) is 0 Å². The molecule has 2 aromatic heterocycles. The number of hydrogen-bond donors (Lipinski definition) is 3. The predicted molar refractivity (Wildman–Crippen MR) is 133 cm³/mol. The lowest BCUT2D eigenvalue weighted by Gasteiger charge is -2.11. The van der Waals surface area contributed by atoms with Gasteiger partial charge < -0.3 is 20.2 Å². The molecule has 0 saturated heterocycles. The van der Waals surface area contributed by atoms with Crippen molar-refractivity contribution >= 4 is 29.1 Å². The minimum atomic E-state index is -0.301. The van der Waals surface area contributed by atoms with Gasteiger partial charge in [0.2, 0.25) is 5.95 Å². The van der Waals surface area contributed by atoms with E-state index in [1.807, 2.05) is 44.2 Å². The Labute approximate surface area is 204 Å². The molecule has 10 heteroatoms. The number of methoxy groups -OCH3 is 1. The molecule has 1 aromatic carbocycles. The van der Waals surface area contributed by atoms with Gasteiger partial charge in [0.05, 0.1) is 19.9 Å². The lowest BCUT2D eigenvalue weighted by molar-refractivity contribution is -0.149. The second-order valence-corrected chi connectivity index (χ2v) is 8.49. The number of esters is 2. The standard InChI is InChI=1S/C11H18O2.C9H10O2.C5H5N5O/c1-8(2)6-11(12)13-10-5-4-9(3)7-10;1-11-9(10)7-8-5-3-2-4-6-8;6-5-9-3-2(4(11)10-5)7-1-8-3/h8,10H,3-7H2,1-2H3;2-6H,7H2,1H3;1H,(H4,6,7,8,9,10,11). The lowest BCUT2D eigenvalue weighted by Crippen LogP contribution is -2.16. The second-order valence-electron chi connectivity index (χ2n) is 8.49. The van der Waals surface area contributed by atoms with E-state index in [4.69, 9.17) is 10.5 Å². The molecule has 1 saturated carbocycles. The van der Waals surface area contributed by atoms with Gasteiger partial charge >= 0.3 is 11.9 Å². The van der Waals surface area contributed by atoms with Gasteiger partial charge in [0, 0.05) is 12.8 Å². The fourth-order valence-corrected chi connectivity index (χ4v) is 3.25. The maximum atomic E-state index is 11.3. The Morgan fingerprint density at radius 3 is 2.54 bits per heavy atom. The van der Waals surface area contributed by atoms with Crippen LogP contribution in [0.15, 0.2) is 53.6 Å². The zero-order valence-corrected chi connectivity index (χ0v) is 20.4. The van der Waals surface area contributed by atoms with Crippen LogP contribution >= 0.6 is 0 Å². The molecular weight excluding hydrogens is 450 g/mol. The van der Waals surface area contributed by atoms with Crippen LogP contribution in [0.3, 0.4) is 0 Å². The topological polar surface area (TPSA) is 153 Å². The van der Waals surface area contributed by atoms with E-state index in [9.17, 15) is 14.4 Å². The van der Waals surface area contributed by atoms with Gasteiger partial charge in [-0.25, -0.2) is 4.98 Å². The first kappa shape index (κ1) is 27.3. The van der Waals surface area contributed by atoms with E-state index in [1.165, 1.54) is 19.0 Å². The number of ether oxygens (including phenoxy) is 2. The van der Waals surface area contributed by atoms with E-state index in [0.29, 0.717) is 29.9 Å². The van der Waals surface area contributed by atoms with Crippen molar-refractivity contribution < 1.29 is 19.1 Å². The summed E-state index contributed by atoms with van der Waals surface area (Å²) in [5, 5.41) is 0. The third-order valence-corrected chi connectivity index (χ3v) is 4.94. The summed E-state index contributed by atoms with van der Waals surface area (Å²) in [6, 6.07) is 9.52. The van der Waals surface area contributed by atoms with Crippen LogP contribution in [0.5, 0.6) is 0 Å². The first-order valence-corrected chi connectivity index (χ1v) is 11.3. The molecule has 188 valence electrons. The fraction of sp³-hybridized carbons (Fsp3) is 0.400. The van der Waals surface area contributed by atoms with E-state index in [-0.39, 0.29) is 29.6 Å². The average molecular weight is 484 g/mol. The zero-order valence-electron chi connectivity index (χ0n) is 20.4. The van der Waals surface area contributed by atoms with Crippen LogP contribution in [-0.2, 0) is 25.5 Å². The molecule has 1 aliphatic rings. The van der Waals surface area contributed by atoms with Crippen molar-refractivity contribution in [2.75, 3.05) is 12.8 Å². The Morgan fingerprint density at radius 1 is 1.23 bits per heavy atom. The number of carbonyl (C=O) groups excluding carboxylic acids is 2. The molecular formula is C25H33N5O5. The number of anilines is 1. The SMILES string of the molecule is C=C1CCC(OC(=O)CC(C)C)C1.COC(=O)Cc1ccccc1.Nc1nc2nc[nH]c2c(=O)[nH]1. The Balaban J connectivity index is 0.000000186. The summed E-state index contributed by atoms with van der Waals surface area (Å²) in [5.41, 5.74) is 7.84. The summed E-state index contributed by atoms with van der Waals surface area (Å²) >= 11 is 0. The summed E-state index contributed by atoms with van der Waals surface area (Å²) < 4.78 is 9.81. The normalized spacial score (nSPS) is 14.5. The van der Waals surface area contributed by atoms with E-state index < -0.39 is 0 Å². The summed E-state index contributed by atoms with van der Waals surface area (Å²) in [7, 11) is 1.39. The molecule has 2 heterocycles. The summed E-state index contributed by atoms with van der Waals surface area (Å²) in [5.74, 6) is 0.206. The number of nitrogen functional groups attached to an aromatic ring is 1. The van der Waals surface area contributed by atoms with Crippen molar-refractivity contribution in [1.82, 2.24) is 19.9 Å². The average Bonchev–Trinajstić information content (AvgIpc) is 3.43. The molecule has 1 atom stereocenters. The minimum Gasteiger partial charge on any atom is -0.469 e. The van der Waals surface area contributed by atoms with Crippen LogP contribution in [0.2, 0.25) is 0 Å². The highest BCUT2D eigenvalue weighted by molar-refractivity contribution is 5.72. The van der Waals surface area contributed by atoms with E-state index in [1.54, 1.807) is 0 Å². The van der Waals surface area contributed by atoms with Crippen molar-refractivity contribution in [3.63, 3.8) is 0 Å². The monoisotopic (exact) mass is 483 g/mol. The van der Waals surface area contributed by atoms with Gasteiger partial charge in [-0.15, -0.1) is 0 Å². The fourth-order valence-electron chi connectivity index (χ4n) is 3.25. The number of rotatable bonds is 5. The Hall–Kier alpha value is -3.95. The molecule has 1 fully saturated rings. The zero-order chi connectivity index (χ0) is 25.8. The number of nitrogens with one attached hydrogen (secondary N) is 2. The predicted octanol–water partition coefficient (Wildman–Crippen LogP) is 3.31. The highest BCUT2D eigenvalue weighted by atomic mass is 16.5. The molecule has 0 amide bonds. The summed E-state index contributed by atoms with van der Waals surface area (Å²) in [6.45, 7) is 7.93. The summed E-state index contributed by atoms with van der Waals surface area (Å²) in [6.07, 6.45) is 5.23. The van der Waals surface area contributed by atoms with Crippen LogP contribution in [0, 0.1) is 5.92 Å². The van der Waals surface area contributed by atoms with Gasteiger partial charge in [0.1, 0.15) is 6.10 Å². The van der Waals surface area contributed by atoms with Crippen LogP contribution in [0.25, 0.3) is 11.2 Å². The van der Waals surface area contributed by atoms with Gasteiger partial charge in [-0.3, -0.25) is 19.4 Å². The van der Waals surface area contributed by atoms with Crippen molar-refractivity contribution in [3.05, 3.63) is 64.7 Å². The number of nitrogens with two attached hydrogens (primary N) is 1. The Morgan fingerprint density at radius 2 is 1.94 bits per heavy atom. The molecule has 10 nitrogen and oxygen atoms in total. The number of fused-ring (bicyclic) bond motifs is 1. The Kier molecular flexibility index (Phi) is 10.7. The number of H-pyrrole nitrogens is 2. The molecule has 35 heavy (non-hydrogen) atoms. The van der Waals surface area contributed by atoms with Gasteiger partial charge in [0.25, 0.3) is 5.56 Å². The Bertz CT molecular complexity index is 1170. The lowest BCUT2D eigenvalue weighted by atomic mass is 10.1. The first-order valence-electron chi connectivity index (χ1n) is 11.3. The number of imidazole rings is 1. The van der Waals surface area contributed by atoms with Crippen molar-refractivity contribution in [1.29, 1.82) is 0 Å². The third kappa shape index (κ3) is 9.83. The van der Waals surface area contributed by atoms with Crippen molar-refractivity contribution in [2.45, 2.75) is 52.1 Å².